The number of aldehydes is 1. The molecule has 0 saturated carbocycles. The van der Waals surface area contributed by atoms with Gasteiger partial charge in [0.1, 0.15) is 6.29 Å². The zero-order valence-electron chi connectivity index (χ0n) is 6.62. The molecule has 1 aromatic rings. The highest BCUT2D eigenvalue weighted by Gasteiger charge is 2.07. The van der Waals surface area contributed by atoms with Crippen LogP contribution in [0.5, 0.6) is 0 Å². The van der Waals surface area contributed by atoms with Gasteiger partial charge in [0.15, 0.2) is 0 Å². The lowest BCUT2D eigenvalue weighted by Crippen LogP contribution is -1.95. The van der Waals surface area contributed by atoms with Gasteiger partial charge < -0.3 is 4.79 Å². The third-order valence-electron chi connectivity index (χ3n) is 1.67. The molecule has 0 fully saturated rings. The summed E-state index contributed by atoms with van der Waals surface area (Å²) in [6.07, 6.45) is 0.869. The van der Waals surface area contributed by atoms with Crippen LogP contribution in [-0.2, 0) is 4.79 Å². The van der Waals surface area contributed by atoms with Gasteiger partial charge in [-0.25, -0.2) is 0 Å². The van der Waals surface area contributed by atoms with Crippen LogP contribution in [0.25, 0.3) is 0 Å². The maximum absolute atomic E-state index is 10.5. The second kappa shape index (κ2) is 3.97. The van der Waals surface area contributed by atoms with Crippen molar-refractivity contribution >= 4 is 30.5 Å². The zero-order valence-corrected chi connectivity index (χ0v) is 8.27. The van der Waals surface area contributed by atoms with Gasteiger partial charge in [0.2, 0.25) is 0 Å². The molecular weight excluding hydrogens is 192 g/mol. The monoisotopic (exact) mass is 200 g/mol. The summed E-state index contributed by atoms with van der Waals surface area (Å²) in [5.41, 5.74) is 0.833. The number of hydrogen-bond acceptors (Lipinski definition) is 2. The van der Waals surface area contributed by atoms with Crippen molar-refractivity contribution in [2.75, 3.05) is 0 Å². The molecule has 1 nitrogen and oxygen atoms in total. The van der Waals surface area contributed by atoms with Crippen LogP contribution in [0.1, 0.15) is 18.4 Å². The maximum atomic E-state index is 10.5. The van der Waals surface area contributed by atoms with Crippen LogP contribution in [-0.4, -0.2) is 6.29 Å². The van der Waals surface area contributed by atoms with E-state index in [1.807, 2.05) is 6.07 Å². The third-order valence-corrected chi connectivity index (χ3v) is 2.30. The minimum absolute atomic E-state index is 0.162. The Morgan fingerprint density at radius 1 is 1.58 bits per heavy atom. The minimum Gasteiger partial charge on any atom is -0.303 e. The molecule has 0 heterocycles. The van der Waals surface area contributed by atoms with E-state index >= 15 is 0 Å². The molecule has 64 valence electrons. The van der Waals surface area contributed by atoms with E-state index in [9.17, 15) is 4.79 Å². The summed E-state index contributed by atoms with van der Waals surface area (Å²) in [7, 11) is 0. The molecular formula is C9H9ClOS. The predicted molar refractivity (Wildman–Crippen MR) is 53.2 cm³/mol. The van der Waals surface area contributed by atoms with E-state index in [2.05, 4.69) is 12.6 Å². The van der Waals surface area contributed by atoms with E-state index < -0.39 is 0 Å². The highest BCUT2D eigenvalue weighted by molar-refractivity contribution is 7.80. The average molecular weight is 201 g/mol. The van der Waals surface area contributed by atoms with E-state index in [1.165, 1.54) is 0 Å². The SMILES string of the molecule is CC(C=O)c1cc(S)ccc1Cl. The number of carbonyl (C=O) groups is 1. The Kier molecular flexibility index (Phi) is 3.18. The molecule has 0 spiro atoms. The summed E-state index contributed by atoms with van der Waals surface area (Å²) >= 11 is 10.0. The predicted octanol–water partition coefficient (Wildman–Crippen LogP) is 2.93. The Balaban J connectivity index is 3.12. The summed E-state index contributed by atoms with van der Waals surface area (Å²) in [5.74, 6) is -0.162. The van der Waals surface area contributed by atoms with E-state index in [1.54, 1.807) is 19.1 Å². The summed E-state index contributed by atoms with van der Waals surface area (Å²) < 4.78 is 0. The van der Waals surface area contributed by atoms with Crippen molar-refractivity contribution in [2.45, 2.75) is 17.7 Å². The van der Waals surface area contributed by atoms with Gasteiger partial charge in [-0.3, -0.25) is 0 Å². The molecule has 0 aliphatic rings. The van der Waals surface area contributed by atoms with E-state index in [4.69, 9.17) is 11.6 Å². The number of rotatable bonds is 2. The lowest BCUT2D eigenvalue weighted by atomic mass is 10.0. The summed E-state index contributed by atoms with van der Waals surface area (Å²) in [4.78, 5) is 11.3. The highest BCUT2D eigenvalue weighted by Crippen LogP contribution is 2.25. The highest BCUT2D eigenvalue weighted by atomic mass is 35.5. The van der Waals surface area contributed by atoms with Crippen molar-refractivity contribution in [2.24, 2.45) is 0 Å². The second-order valence-corrected chi connectivity index (χ2v) is 3.55. The first-order valence-electron chi connectivity index (χ1n) is 3.59. The smallest absolute Gasteiger partial charge is 0.127 e. The molecule has 0 aliphatic carbocycles. The van der Waals surface area contributed by atoms with Crippen LogP contribution in [0.15, 0.2) is 23.1 Å². The number of benzene rings is 1. The largest absolute Gasteiger partial charge is 0.303 e. The van der Waals surface area contributed by atoms with Gasteiger partial charge in [0, 0.05) is 15.8 Å². The van der Waals surface area contributed by atoms with Crippen molar-refractivity contribution < 1.29 is 4.79 Å². The average Bonchev–Trinajstić information content (AvgIpc) is 2.08. The van der Waals surface area contributed by atoms with Crippen molar-refractivity contribution in [1.82, 2.24) is 0 Å². The molecule has 0 N–H and O–H groups in total. The third kappa shape index (κ3) is 2.02. The number of halogens is 1. The first kappa shape index (κ1) is 9.62. The Labute approximate surface area is 82.1 Å². The van der Waals surface area contributed by atoms with Crippen LogP contribution < -0.4 is 0 Å². The van der Waals surface area contributed by atoms with E-state index in [0.717, 1.165) is 16.7 Å². The van der Waals surface area contributed by atoms with E-state index in [-0.39, 0.29) is 5.92 Å². The van der Waals surface area contributed by atoms with Gasteiger partial charge in [-0.15, -0.1) is 12.6 Å². The van der Waals surface area contributed by atoms with Crippen LogP contribution in [0, 0.1) is 0 Å². The van der Waals surface area contributed by atoms with Gasteiger partial charge >= 0.3 is 0 Å². The molecule has 0 aromatic heterocycles. The number of thiol groups is 1. The summed E-state index contributed by atoms with van der Waals surface area (Å²) in [5, 5.41) is 0.618. The fourth-order valence-corrected chi connectivity index (χ4v) is 1.46. The van der Waals surface area contributed by atoms with Crippen LogP contribution in [0.2, 0.25) is 5.02 Å². The van der Waals surface area contributed by atoms with Gasteiger partial charge in [-0.05, 0) is 23.8 Å². The molecule has 12 heavy (non-hydrogen) atoms. The van der Waals surface area contributed by atoms with Crippen molar-refractivity contribution in [3.8, 4) is 0 Å². The van der Waals surface area contributed by atoms with Crippen LogP contribution in [0.4, 0.5) is 0 Å². The van der Waals surface area contributed by atoms with Gasteiger partial charge in [-0.2, -0.15) is 0 Å². The fourth-order valence-electron chi connectivity index (χ4n) is 0.953. The first-order valence-corrected chi connectivity index (χ1v) is 4.41. The number of hydrogen-bond donors (Lipinski definition) is 1. The molecule has 1 rings (SSSR count). The molecule has 1 unspecified atom stereocenters. The quantitative estimate of drug-likeness (QED) is 0.574. The lowest BCUT2D eigenvalue weighted by molar-refractivity contribution is -0.108. The van der Waals surface area contributed by atoms with Crippen molar-refractivity contribution in [3.05, 3.63) is 28.8 Å². The van der Waals surface area contributed by atoms with Crippen LogP contribution in [0.3, 0.4) is 0 Å². The molecule has 3 heteroatoms. The molecule has 1 atom stereocenters. The van der Waals surface area contributed by atoms with Gasteiger partial charge in [-0.1, -0.05) is 18.5 Å². The van der Waals surface area contributed by atoms with Crippen LogP contribution >= 0.6 is 24.2 Å². The van der Waals surface area contributed by atoms with Crippen molar-refractivity contribution in [1.29, 1.82) is 0 Å². The maximum Gasteiger partial charge on any atom is 0.127 e. The minimum atomic E-state index is -0.162. The lowest BCUT2D eigenvalue weighted by Gasteiger charge is -2.06. The Bertz CT molecular complexity index is 299. The normalized spacial score (nSPS) is 12.6. The number of carbonyl (C=O) groups excluding carboxylic acids is 1. The summed E-state index contributed by atoms with van der Waals surface area (Å²) in [6, 6.07) is 5.36. The molecule has 0 saturated heterocycles. The van der Waals surface area contributed by atoms with E-state index in [0.29, 0.717) is 5.02 Å². The van der Waals surface area contributed by atoms with Gasteiger partial charge in [0.25, 0.3) is 0 Å². The second-order valence-electron chi connectivity index (χ2n) is 2.63. The standard InChI is InChI=1S/C9H9ClOS/c1-6(5-11)8-4-7(12)2-3-9(8)10/h2-6,12H,1H3. The molecule has 0 amide bonds. The Hall–Kier alpha value is -0.470. The fraction of sp³-hybridized carbons (Fsp3) is 0.222. The molecule has 0 bridgehead atoms. The summed E-state index contributed by atoms with van der Waals surface area (Å²) in [6.45, 7) is 1.81. The van der Waals surface area contributed by atoms with Crippen molar-refractivity contribution in [3.63, 3.8) is 0 Å². The molecule has 1 aromatic carbocycles. The molecule has 0 aliphatic heterocycles. The molecule has 0 radical (unpaired) electrons. The zero-order chi connectivity index (χ0) is 9.14. The first-order chi connectivity index (χ1) is 5.65. The Morgan fingerprint density at radius 2 is 2.25 bits per heavy atom. The Morgan fingerprint density at radius 3 is 2.83 bits per heavy atom. The topological polar surface area (TPSA) is 17.1 Å². The van der Waals surface area contributed by atoms with Gasteiger partial charge in [0.05, 0.1) is 0 Å².